The number of hydrogen-bond donors (Lipinski definition) is 1. The molecule has 0 saturated heterocycles. The van der Waals surface area contributed by atoms with Gasteiger partial charge in [-0.25, -0.2) is 9.97 Å². The summed E-state index contributed by atoms with van der Waals surface area (Å²) in [6.07, 6.45) is 1.55. The Morgan fingerprint density at radius 3 is 3.19 bits per heavy atom. The lowest BCUT2D eigenvalue weighted by Crippen LogP contribution is -2.43. The number of pyridine rings is 1. The number of anilines is 2. The Hall–Kier alpha value is -2.48. The number of aryl methyl sites for hydroxylation is 1. The fraction of sp³-hybridized carbons (Fsp3) is 0.231. The fourth-order valence-corrected chi connectivity index (χ4v) is 2.61. The van der Waals surface area contributed by atoms with Crippen LogP contribution in [0, 0.1) is 6.92 Å². The minimum absolute atomic E-state index is 0.0949. The molecule has 21 heavy (non-hydrogen) atoms. The monoisotopic (exact) mass is 304 g/mol. The number of ether oxygens (including phenoxy) is 1. The van der Waals surface area contributed by atoms with Crippen molar-refractivity contribution in [2.45, 2.75) is 6.92 Å². The molecule has 0 bridgehead atoms. The summed E-state index contributed by atoms with van der Waals surface area (Å²) >= 11 is 1.34. The van der Waals surface area contributed by atoms with Crippen molar-refractivity contribution in [2.75, 3.05) is 23.4 Å². The van der Waals surface area contributed by atoms with Crippen LogP contribution in [-0.4, -0.2) is 34.9 Å². The summed E-state index contributed by atoms with van der Waals surface area (Å²) in [6.45, 7) is 1.63. The zero-order valence-corrected chi connectivity index (χ0v) is 12.0. The Labute approximate surface area is 124 Å². The van der Waals surface area contributed by atoms with Gasteiger partial charge in [0.15, 0.2) is 23.3 Å². The van der Waals surface area contributed by atoms with Gasteiger partial charge in [-0.2, -0.15) is 0 Å². The molecule has 8 heteroatoms. The van der Waals surface area contributed by atoms with E-state index in [9.17, 15) is 9.59 Å². The molecule has 2 aromatic rings. The first-order valence-corrected chi connectivity index (χ1v) is 7.11. The Bertz CT molecular complexity index is 700. The van der Waals surface area contributed by atoms with E-state index in [2.05, 4.69) is 15.3 Å². The lowest BCUT2D eigenvalue weighted by atomic mass is 10.3. The molecular formula is C13H12N4O3S. The second-order valence-electron chi connectivity index (χ2n) is 4.44. The molecule has 0 spiro atoms. The first-order chi connectivity index (χ1) is 10.1. The van der Waals surface area contributed by atoms with Gasteiger partial charge in [0.1, 0.15) is 6.54 Å². The number of nitrogens with zero attached hydrogens (tertiary/aromatic N) is 3. The highest BCUT2D eigenvalue weighted by molar-refractivity contribution is 7.13. The van der Waals surface area contributed by atoms with Crippen LogP contribution < -0.4 is 15.0 Å². The highest BCUT2D eigenvalue weighted by Crippen LogP contribution is 2.28. The lowest BCUT2D eigenvalue weighted by molar-refractivity contribution is -0.123. The maximum Gasteiger partial charge on any atom is 0.266 e. The van der Waals surface area contributed by atoms with E-state index in [1.807, 2.05) is 12.3 Å². The number of fused-ring (bicyclic) bond motifs is 1. The molecule has 0 radical (unpaired) electrons. The van der Waals surface area contributed by atoms with Gasteiger partial charge < -0.3 is 10.1 Å². The molecule has 1 N–H and O–H groups in total. The summed E-state index contributed by atoms with van der Waals surface area (Å²) in [5, 5.41) is 5.02. The zero-order chi connectivity index (χ0) is 14.8. The van der Waals surface area contributed by atoms with E-state index in [1.54, 1.807) is 18.3 Å². The third kappa shape index (κ3) is 2.84. The van der Waals surface area contributed by atoms with E-state index in [0.29, 0.717) is 16.7 Å². The lowest BCUT2D eigenvalue weighted by Gasteiger charge is -2.27. The van der Waals surface area contributed by atoms with Crippen molar-refractivity contribution < 1.29 is 14.3 Å². The minimum atomic E-state index is -0.323. The molecule has 0 unspecified atom stereocenters. The molecule has 3 rings (SSSR count). The third-order valence-electron chi connectivity index (χ3n) is 2.83. The number of rotatable bonds is 3. The molecule has 1 aliphatic heterocycles. The fourth-order valence-electron chi connectivity index (χ4n) is 1.91. The molecule has 0 atom stereocenters. The number of amides is 2. The number of carbonyl (C=O) groups excluding carboxylic acids is 2. The van der Waals surface area contributed by atoms with Crippen LogP contribution in [0.25, 0.3) is 0 Å². The smallest absolute Gasteiger partial charge is 0.266 e. The zero-order valence-electron chi connectivity index (χ0n) is 11.2. The van der Waals surface area contributed by atoms with Gasteiger partial charge in [0.05, 0.1) is 5.69 Å². The van der Waals surface area contributed by atoms with Gasteiger partial charge in [0, 0.05) is 11.6 Å². The van der Waals surface area contributed by atoms with Crippen LogP contribution in [0.15, 0.2) is 23.7 Å². The average molecular weight is 304 g/mol. The molecule has 0 fully saturated rings. The SMILES string of the molecule is Cc1csc(NC(=O)CN2C(=O)COc3cccnc32)n1. The minimum Gasteiger partial charge on any atom is -0.480 e. The van der Waals surface area contributed by atoms with Gasteiger partial charge in [-0.3, -0.25) is 14.5 Å². The van der Waals surface area contributed by atoms with Gasteiger partial charge in [-0.1, -0.05) is 0 Å². The highest BCUT2D eigenvalue weighted by atomic mass is 32.1. The second-order valence-corrected chi connectivity index (χ2v) is 5.29. The summed E-state index contributed by atoms with van der Waals surface area (Å²) in [5.41, 5.74) is 0.838. The maximum atomic E-state index is 12.0. The number of aromatic nitrogens is 2. The van der Waals surface area contributed by atoms with E-state index in [0.717, 1.165) is 5.69 Å². The molecule has 0 saturated carbocycles. The van der Waals surface area contributed by atoms with Crippen molar-refractivity contribution in [3.05, 3.63) is 29.4 Å². The van der Waals surface area contributed by atoms with Crippen LogP contribution in [0.3, 0.4) is 0 Å². The van der Waals surface area contributed by atoms with Gasteiger partial charge in [-0.15, -0.1) is 11.3 Å². The topological polar surface area (TPSA) is 84.4 Å². The van der Waals surface area contributed by atoms with Gasteiger partial charge in [-0.05, 0) is 19.1 Å². The second kappa shape index (κ2) is 5.49. The Kier molecular flexibility index (Phi) is 3.53. The molecule has 7 nitrogen and oxygen atoms in total. The predicted molar refractivity (Wildman–Crippen MR) is 77.6 cm³/mol. The van der Waals surface area contributed by atoms with Crippen LogP contribution in [-0.2, 0) is 9.59 Å². The molecule has 2 aromatic heterocycles. The number of thiazole rings is 1. The van der Waals surface area contributed by atoms with Crippen molar-refractivity contribution in [2.24, 2.45) is 0 Å². The van der Waals surface area contributed by atoms with Crippen molar-refractivity contribution >= 4 is 34.1 Å². The van der Waals surface area contributed by atoms with Gasteiger partial charge in [0.2, 0.25) is 5.91 Å². The van der Waals surface area contributed by atoms with E-state index in [4.69, 9.17) is 4.74 Å². The standard InChI is InChI=1S/C13H12N4O3S/c1-8-7-21-13(15-8)16-10(18)5-17-11(19)6-20-9-3-2-4-14-12(9)17/h2-4,7H,5-6H2,1H3,(H,15,16,18). The molecular weight excluding hydrogens is 292 g/mol. The first-order valence-electron chi connectivity index (χ1n) is 6.23. The average Bonchev–Trinajstić information content (AvgIpc) is 2.87. The summed E-state index contributed by atoms with van der Waals surface area (Å²) in [6, 6.07) is 3.43. The molecule has 3 heterocycles. The number of carbonyl (C=O) groups is 2. The predicted octanol–water partition coefficient (Wildman–Crippen LogP) is 1.21. The largest absolute Gasteiger partial charge is 0.480 e. The highest BCUT2D eigenvalue weighted by Gasteiger charge is 2.28. The van der Waals surface area contributed by atoms with Crippen molar-refractivity contribution in [1.82, 2.24) is 9.97 Å². The Morgan fingerprint density at radius 1 is 1.57 bits per heavy atom. The molecule has 1 aliphatic rings. The van der Waals surface area contributed by atoms with Crippen LogP contribution >= 0.6 is 11.3 Å². The Balaban J connectivity index is 1.74. The summed E-state index contributed by atoms with van der Waals surface area (Å²) in [5.74, 6) is 0.233. The summed E-state index contributed by atoms with van der Waals surface area (Å²) in [4.78, 5) is 33.5. The van der Waals surface area contributed by atoms with Crippen LogP contribution in [0.1, 0.15) is 5.69 Å². The van der Waals surface area contributed by atoms with Crippen LogP contribution in [0.4, 0.5) is 10.9 Å². The number of nitrogens with one attached hydrogen (secondary N) is 1. The quantitative estimate of drug-likeness (QED) is 0.921. The molecule has 108 valence electrons. The maximum absolute atomic E-state index is 12.0. The molecule has 2 amide bonds. The van der Waals surface area contributed by atoms with Gasteiger partial charge in [0.25, 0.3) is 5.91 Å². The first kappa shape index (κ1) is 13.5. The van der Waals surface area contributed by atoms with Crippen molar-refractivity contribution in [1.29, 1.82) is 0 Å². The van der Waals surface area contributed by atoms with E-state index < -0.39 is 0 Å². The molecule has 0 aromatic carbocycles. The van der Waals surface area contributed by atoms with Crippen LogP contribution in [0.5, 0.6) is 5.75 Å². The van der Waals surface area contributed by atoms with E-state index in [1.165, 1.54) is 16.2 Å². The van der Waals surface area contributed by atoms with E-state index >= 15 is 0 Å². The summed E-state index contributed by atoms with van der Waals surface area (Å²) < 4.78 is 5.27. The number of hydrogen-bond acceptors (Lipinski definition) is 6. The van der Waals surface area contributed by atoms with Crippen LogP contribution in [0.2, 0.25) is 0 Å². The third-order valence-corrected chi connectivity index (χ3v) is 3.70. The van der Waals surface area contributed by atoms with Crippen molar-refractivity contribution in [3.63, 3.8) is 0 Å². The van der Waals surface area contributed by atoms with Gasteiger partial charge >= 0.3 is 0 Å². The molecule has 0 aliphatic carbocycles. The van der Waals surface area contributed by atoms with Crippen molar-refractivity contribution in [3.8, 4) is 5.75 Å². The summed E-state index contributed by atoms with van der Waals surface area (Å²) in [7, 11) is 0. The van der Waals surface area contributed by atoms with E-state index in [-0.39, 0.29) is 25.0 Å². The Morgan fingerprint density at radius 2 is 2.43 bits per heavy atom. The normalized spacial score (nSPS) is 13.6.